The monoisotopic (exact) mass is 498 g/mol. The van der Waals surface area contributed by atoms with Crippen LogP contribution in [0.3, 0.4) is 0 Å². The van der Waals surface area contributed by atoms with Crippen molar-refractivity contribution in [2.45, 2.75) is 19.9 Å². The van der Waals surface area contributed by atoms with E-state index in [0.717, 1.165) is 0 Å². The van der Waals surface area contributed by atoms with Crippen molar-refractivity contribution in [3.63, 3.8) is 0 Å². The number of nitrogens with zero attached hydrogens (tertiary/aromatic N) is 2. The van der Waals surface area contributed by atoms with Crippen molar-refractivity contribution in [2.24, 2.45) is 4.99 Å². The first-order valence-corrected chi connectivity index (χ1v) is 11.8. The predicted octanol–water partition coefficient (Wildman–Crippen LogP) is 3.47. The highest BCUT2D eigenvalue weighted by Crippen LogP contribution is 2.35. The molecule has 1 aliphatic rings. The van der Waals surface area contributed by atoms with Crippen molar-refractivity contribution in [1.82, 2.24) is 4.57 Å². The number of fused-ring (bicyclic) bond motifs is 1. The number of ether oxygens (including phenoxy) is 3. The fourth-order valence-electron chi connectivity index (χ4n) is 3.95. The number of hydrogen-bond acceptors (Lipinski definition) is 7. The van der Waals surface area contributed by atoms with E-state index in [1.54, 1.807) is 58.4 Å². The summed E-state index contributed by atoms with van der Waals surface area (Å²) in [6.45, 7) is 3.66. The first kappa shape index (κ1) is 23.8. The van der Waals surface area contributed by atoms with Gasteiger partial charge in [0, 0.05) is 10.6 Å². The van der Waals surface area contributed by atoms with E-state index < -0.39 is 12.0 Å². The lowest BCUT2D eigenvalue weighted by atomic mass is 9.96. The highest BCUT2D eigenvalue weighted by molar-refractivity contribution is 7.07. The summed E-state index contributed by atoms with van der Waals surface area (Å²) in [5, 5.41) is 0.438. The van der Waals surface area contributed by atoms with Crippen molar-refractivity contribution in [3.05, 3.63) is 89.6 Å². The third-order valence-corrected chi connectivity index (χ3v) is 6.76. The molecular weight excluding hydrogens is 476 g/mol. The Bertz CT molecular complexity index is 1470. The van der Waals surface area contributed by atoms with Crippen LogP contribution in [0.4, 0.5) is 0 Å². The molecule has 0 fully saturated rings. The van der Waals surface area contributed by atoms with Crippen molar-refractivity contribution in [3.8, 4) is 11.5 Å². The Morgan fingerprint density at radius 3 is 2.62 bits per heavy atom. The van der Waals surface area contributed by atoms with Crippen molar-refractivity contribution >= 4 is 35.0 Å². The lowest BCUT2D eigenvalue weighted by molar-refractivity contribution is -0.139. The summed E-state index contributed by atoms with van der Waals surface area (Å²) in [4.78, 5) is 31.7. The maximum Gasteiger partial charge on any atom is 0.338 e. The van der Waals surface area contributed by atoms with Crippen molar-refractivity contribution in [2.75, 3.05) is 20.8 Å². The van der Waals surface area contributed by atoms with Gasteiger partial charge in [-0.3, -0.25) is 9.36 Å². The third kappa shape index (κ3) is 4.15. The zero-order chi connectivity index (χ0) is 24.4. The summed E-state index contributed by atoms with van der Waals surface area (Å²) in [7, 11) is 3.10. The Kier molecular flexibility index (Phi) is 6.90. The fraction of sp³-hybridized carbons (Fsp3) is 0.240. The maximum atomic E-state index is 13.7. The van der Waals surface area contributed by atoms with Gasteiger partial charge in [-0.05, 0) is 37.6 Å². The first-order valence-electron chi connectivity index (χ1n) is 10.6. The highest BCUT2D eigenvalue weighted by Gasteiger charge is 2.34. The van der Waals surface area contributed by atoms with Crippen molar-refractivity contribution < 1.29 is 19.0 Å². The van der Waals surface area contributed by atoms with Gasteiger partial charge < -0.3 is 14.2 Å². The molecule has 0 spiro atoms. The largest absolute Gasteiger partial charge is 0.493 e. The minimum atomic E-state index is -0.765. The molecule has 0 amide bonds. The van der Waals surface area contributed by atoms with E-state index in [2.05, 4.69) is 4.99 Å². The van der Waals surface area contributed by atoms with Gasteiger partial charge >= 0.3 is 5.97 Å². The quantitative estimate of drug-likeness (QED) is 0.486. The number of aromatic nitrogens is 1. The van der Waals surface area contributed by atoms with Gasteiger partial charge in [-0.2, -0.15) is 0 Å². The molecule has 0 saturated heterocycles. The summed E-state index contributed by atoms with van der Waals surface area (Å²) < 4.78 is 18.1. The van der Waals surface area contributed by atoms with Crippen molar-refractivity contribution in [1.29, 1.82) is 0 Å². The molecule has 2 heterocycles. The smallest absolute Gasteiger partial charge is 0.338 e. The SMILES string of the molecule is CCOC(=O)C1=C(C)N=c2s/c(=C\c3cccc(OC)c3OC)c(=O)n2[C@@H]1c1ccccc1Cl. The molecule has 4 rings (SSSR count). The number of para-hydroxylation sites is 1. The molecular formula is C25H23ClN2O5S. The van der Waals surface area contributed by atoms with Crippen LogP contribution >= 0.6 is 22.9 Å². The summed E-state index contributed by atoms with van der Waals surface area (Å²) in [5.41, 5.74) is 1.77. The molecule has 3 aromatic rings. The van der Waals surface area contributed by atoms with Gasteiger partial charge in [0.25, 0.3) is 5.56 Å². The number of carbonyl (C=O) groups excluding carboxylic acids is 1. The minimum absolute atomic E-state index is 0.199. The molecule has 0 unspecified atom stereocenters. The van der Waals surface area contributed by atoms with Gasteiger partial charge in [0.05, 0.1) is 36.6 Å². The summed E-state index contributed by atoms with van der Waals surface area (Å²) >= 11 is 7.75. The number of carbonyl (C=O) groups is 1. The number of esters is 1. The number of thiazole rings is 1. The molecule has 0 bridgehead atoms. The number of hydrogen-bond donors (Lipinski definition) is 0. The predicted molar refractivity (Wildman–Crippen MR) is 131 cm³/mol. The zero-order valence-corrected chi connectivity index (χ0v) is 20.7. The number of allylic oxidation sites excluding steroid dienone is 1. The van der Waals surface area contributed by atoms with Gasteiger partial charge in [0.2, 0.25) is 0 Å². The molecule has 176 valence electrons. The van der Waals surface area contributed by atoms with E-state index in [0.29, 0.717) is 42.7 Å². The molecule has 1 aliphatic heterocycles. The van der Waals surface area contributed by atoms with Gasteiger partial charge in [-0.25, -0.2) is 9.79 Å². The first-order chi connectivity index (χ1) is 16.4. The van der Waals surface area contributed by atoms with Gasteiger partial charge in [-0.1, -0.05) is 53.3 Å². The maximum absolute atomic E-state index is 13.7. The van der Waals surface area contributed by atoms with Crippen LogP contribution in [0.2, 0.25) is 5.02 Å². The topological polar surface area (TPSA) is 79.1 Å². The molecule has 34 heavy (non-hydrogen) atoms. The minimum Gasteiger partial charge on any atom is -0.493 e. The molecule has 1 aromatic heterocycles. The second-order valence-electron chi connectivity index (χ2n) is 7.41. The molecule has 0 N–H and O–H groups in total. The number of benzene rings is 2. The Morgan fingerprint density at radius 2 is 1.94 bits per heavy atom. The molecule has 9 heteroatoms. The van der Waals surface area contributed by atoms with Crippen LogP contribution in [0.1, 0.15) is 31.0 Å². The van der Waals surface area contributed by atoms with Crippen LogP contribution in [0, 0.1) is 0 Å². The van der Waals surface area contributed by atoms with E-state index in [1.165, 1.54) is 15.9 Å². The van der Waals surface area contributed by atoms with Crippen LogP contribution in [-0.2, 0) is 9.53 Å². The standard InChI is InChI=1S/C25H23ClN2O5S/c1-5-33-24(30)20-14(2)27-25-28(21(20)16-10-6-7-11-17(16)26)23(29)19(34-25)13-15-9-8-12-18(31-3)22(15)32-4/h6-13,21H,5H2,1-4H3/b19-13-/t21-/m1/s1. The van der Waals surface area contributed by atoms with E-state index in [1.807, 2.05) is 18.2 Å². The highest BCUT2D eigenvalue weighted by atomic mass is 35.5. The summed E-state index contributed by atoms with van der Waals surface area (Å²) in [5.74, 6) is 0.540. The van der Waals surface area contributed by atoms with E-state index >= 15 is 0 Å². The molecule has 1 atom stereocenters. The van der Waals surface area contributed by atoms with E-state index in [-0.39, 0.29) is 17.7 Å². The summed E-state index contributed by atoms with van der Waals surface area (Å²) in [6.07, 6.45) is 1.73. The van der Waals surface area contributed by atoms with Crippen LogP contribution in [0.15, 0.2) is 63.5 Å². The van der Waals surface area contributed by atoms with Gasteiger partial charge in [0.1, 0.15) is 6.04 Å². The molecule has 7 nitrogen and oxygen atoms in total. The molecule has 0 saturated carbocycles. The second-order valence-corrected chi connectivity index (χ2v) is 8.82. The number of rotatable bonds is 6. The lowest BCUT2D eigenvalue weighted by Gasteiger charge is -2.25. The average molecular weight is 499 g/mol. The van der Waals surface area contributed by atoms with Crippen LogP contribution < -0.4 is 24.4 Å². The Labute approximate surface area is 205 Å². The molecule has 0 radical (unpaired) electrons. The van der Waals surface area contributed by atoms with E-state index in [9.17, 15) is 9.59 Å². The summed E-state index contributed by atoms with van der Waals surface area (Å²) in [6, 6.07) is 11.8. The number of methoxy groups -OCH3 is 2. The zero-order valence-electron chi connectivity index (χ0n) is 19.1. The molecule has 2 aromatic carbocycles. The normalized spacial score (nSPS) is 15.6. The van der Waals surface area contributed by atoms with Crippen LogP contribution in [-0.4, -0.2) is 31.4 Å². The fourth-order valence-corrected chi connectivity index (χ4v) is 5.23. The number of halogens is 1. The average Bonchev–Trinajstić information content (AvgIpc) is 3.12. The Balaban J connectivity index is 1.99. The third-order valence-electron chi connectivity index (χ3n) is 5.44. The van der Waals surface area contributed by atoms with Gasteiger partial charge in [-0.15, -0.1) is 0 Å². The van der Waals surface area contributed by atoms with E-state index in [4.69, 9.17) is 25.8 Å². The van der Waals surface area contributed by atoms with Crippen LogP contribution in [0.25, 0.3) is 6.08 Å². The Hall–Kier alpha value is -3.36. The van der Waals surface area contributed by atoms with Crippen LogP contribution in [0.5, 0.6) is 11.5 Å². The van der Waals surface area contributed by atoms with Gasteiger partial charge in [0.15, 0.2) is 16.3 Å². The molecule has 0 aliphatic carbocycles. The second kappa shape index (κ2) is 9.87. The lowest BCUT2D eigenvalue weighted by Crippen LogP contribution is -2.40. The Morgan fingerprint density at radius 1 is 1.18 bits per heavy atom.